The van der Waals surface area contributed by atoms with Gasteiger partial charge in [0.2, 0.25) is 0 Å². The van der Waals surface area contributed by atoms with Gasteiger partial charge in [0.25, 0.3) is 0 Å². The molecule has 130 valence electrons. The van der Waals surface area contributed by atoms with Crippen LogP contribution in [-0.2, 0) is 6.42 Å². The first-order valence-electron chi connectivity index (χ1n) is 9.35. The van der Waals surface area contributed by atoms with Crippen molar-refractivity contribution >= 4 is 21.8 Å². The summed E-state index contributed by atoms with van der Waals surface area (Å²) in [6.45, 7) is 6.73. The van der Waals surface area contributed by atoms with Gasteiger partial charge in [-0.15, -0.1) is 0 Å². The quantitative estimate of drug-likeness (QED) is 0.438. The minimum atomic E-state index is 0.391. The van der Waals surface area contributed by atoms with Crippen molar-refractivity contribution in [3.63, 3.8) is 0 Å². The summed E-state index contributed by atoms with van der Waals surface area (Å²) in [5.41, 5.74) is 5.99. The predicted molar refractivity (Wildman–Crippen MR) is 110 cm³/mol. The average Bonchev–Trinajstić information content (AvgIpc) is 2.67. The fourth-order valence-corrected chi connectivity index (χ4v) is 3.63. The average molecular weight is 340 g/mol. The van der Waals surface area contributed by atoms with Crippen LogP contribution in [0, 0.1) is 0 Å². The molecule has 2 heteroatoms. The SMILES string of the molecule is CC(C)c1ccc2nc(CC(C)c3ccnc4ccccc34)ccc2c1. The first kappa shape index (κ1) is 16.7. The van der Waals surface area contributed by atoms with Gasteiger partial charge in [0, 0.05) is 22.7 Å². The second-order valence-electron chi connectivity index (χ2n) is 7.43. The van der Waals surface area contributed by atoms with Gasteiger partial charge < -0.3 is 0 Å². The zero-order chi connectivity index (χ0) is 18.1. The van der Waals surface area contributed by atoms with Crippen molar-refractivity contribution in [2.75, 3.05) is 0 Å². The van der Waals surface area contributed by atoms with Crippen molar-refractivity contribution < 1.29 is 0 Å². The van der Waals surface area contributed by atoms with E-state index in [0.29, 0.717) is 11.8 Å². The second-order valence-corrected chi connectivity index (χ2v) is 7.43. The van der Waals surface area contributed by atoms with E-state index in [1.54, 1.807) is 0 Å². The molecule has 0 fully saturated rings. The minimum Gasteiger partial charge on any atom is -0.256 e. The number of aromatic nitrogens is 2. The third-order valence-electron chi connectivity index (χ3n) is 5.17. The molecule has 2 nitrogen and oxygen atoms in total. The van der Waals surface area contributed by atoms with E-state index in [4.69, 9.17) is 4.98 Å². The summed E-state index contributed by atoms with van der Waals surface area (Å²) in [5.74, 6) is 0.932. The third kappa shape index (κ3) is 3.20. The van der Waals surface area contributed by atoms with Gasteiger partial charge >= 0.3 is 0 Å². The Morgan fingerprint density at radius 1 is 0.846 bits per heavy atom. The predicted octanol–water partition coefficient (Wildman–Crippen LogP) is 6.25. The fraction of sp³-hybridized carbons (Fsp3) is 0.250. The number of para-hydroxylation sites is 1. The Morgan fingerprint density at radius 3 is 2.54 bits per heavy atom. The van der Waals surface area contributed by atoms with E-state index in [1.807, 2.05) is 12.3 Å². The molecule has 0 spiro atoms. The molecule has 4 aromatic rings. The molecule has 0 aliphatic heterocycles. The maximum absolute atomic E-state index is 4.91. The van der Waals surface area contributed by atoms with E-state index in [0.717, 1.165) is 23.1 Å². The smallest absolute Gasteiger partial charge is 0.0705 e. The van der Waals surface area contributed by atoms with E-state index in [-0.39, 0.29) is 0 Å². The van der Waals surface area contributed by atoms with Crippen molar-refractivity contribution in [3.05, 3.63) is 83.7 Å². The molecule has 0 bridgehead atoms. The van der Waals surface area contributed by atoms with E-state index in [1.165, 1.54) is 21.9 Å². The van der Waals surface area contributed by atoms with Gasteiger partial charge in [0.1, 0.15) is 0 Å². The molecule has 0 aliphatic rings. The Morgan fingerprint density at radius 2 is 1.69 bits per heavy atom. The van der Waals surface area contributed by atoms with Crippen LogP contribution in [0.3, 0.4) is 0 Å². The van der Waals surface area contributed by atoms with Crippen molar-refractivity contribution in [1.82, 2.24) is 9.97 Å². The number of hydrogen-bond acceptors (Lipinski definition) is 2. The van der Waals surface area contributed by atoms with E-state index in [2.05, 4.69) is 80.4 Å². The van der Waals surface area contributed by atoms with Crippen molar-refractivity contribution in [3.8, 4) is 0 Å². The van der Waals surface area contributed by atoms with Crippen LogP contribution in [0.1, 0.15) is 49.4 Å². The van der Waals surface area contributed by atoms with Crippen LogP contribution in [0.4, 0.5) is 0 Å². The number of hydrogen-bond donors (Lipinski definition) is 0. The lowest BCUT2D eigenvalue weighted by Crippen LogP contribution is -2.02. The Labute approximate surface area is 154 Å². The van der Waals surface area contributed by atoms with Gasteiger partial charge in [-0.3, -0.25) is 9.97 Å². The van der Waals surface area contributed by atoms with Crippen molar-refractivity contribution in [1.29, 1.82) is 0 Å². The number of benzene rings is 2. The molecule has 0 radical (unpaired) electrons. The fourth-order valence-electron chi connectivity index (χ4n) is 3.63. The summed E-state index contributed by atoms with van der Waals surface area (Å²) in [5, 5.41) is 2.46. The molecule has 1 unspecified atom stereocenters. The van der Waals surface area contributed by atoms with Crippen molar-refractivity contribution in [2.45, 2.75) is 39.0 Å². The lowest BCUT2D eigenvalue weighted by molar-refractivity contribution is 0.749. The molecule has 0 saturated heterocycles. The van der Waals surface area contributed by atoms with Gasteiger partial charge in [-0.1, -0.05) is 51.1 Å². The normalized spacial score (nSPS) is 12.8. The number of rotatable bonds is 4. The molecular weight excluding hydrogens is 316 g/mol. The summed E-state index contributed by atoms with van der Waals surface area (Å²) in [6, 6.07) is 21.5. The zero-order valence-corrected chi connectivity index (χ0v) is 15.6. The van der Waals surface area contributed by atoms with Gasteiger partial charge in [-0.2, -0.15) is 0 Å². The Bertz CT molecular complexity index is 1060. The third-order valence-corrected chi connectivity index (χ3v) is 5.17. The molecule has 1 atom stereocenters. The van der Waals surface area contributed by atoms with Gasteiger partial charge in [-0.05, 0) is 59.7 Å². The maximum Gasteiger partial charge on any atom is 0.0705 e. The van der Waals surface area contributed by atoms with Gasteiger partial charge in [0.15, 0.2) is 0 Å². The molecule has 0 N–H and O–H groups in total. The molecule has 4 rings (SSSR count). The first-order chi connectivity index (χ1) is 12.6. The summed E-state index contributed by atoms with van der Waals surface area (Å²) in [6.07, 6.45) is 2.84. The zero-order valence-electron chi connectivity index (χ0n) is 15.6. The minimum absolute atomic E-state index is 0.391. The van der Waals surface area contributed by atoms with E-state index in [9.17, 15) is 0 Å². The molecule has 0 saturated carbocycles. The second kappa shape index (κ2) is 6.87. The highest BCUT2D eigenvalue weighted by Crippen LogP contribution is 2.27. The highest BCUT2D eigenvalue weighted by molar-refractivity contribution is 5.82. The lowest BCUT2D eigenvalue weighted by Gasteiger charge is -2.14. The van der Waals surface area contributed by atoms with Gasteiger partial charge in [0.05, 0.1) is 11.0 Å². The topological polar surface area (TPSA) is 25.8 Å². The van der Waals surface area contributed by atoms with Crippen LogP contribution in [0.15, 0.2) is 66.9 Å². The summed E-state index contributed by atoms with van der Waals surface area (Å²) < 4.78 is 0. The molecule has 2 aromatic heterocycles. The van der Waals surface area contributed by atoms with E-state index >= 15 is 0 Å². The van der Waals surface area contributed by atoms with Crippen LogP contribution in [0.25, 0.3) is 21.8 Å². The number of fused-ring (bicyclic) bond motifs is 2. The standard InChI is InChI=1S/C24H24N2/c1-16(2)18-9-11-23-19(15-18)8-10-20(26-23)14-17(3)21-12-13-25-24-7-5-4-6-22(21)24/h4-13,15-17H,14H2,1-3H3. The van der Waals surface area contributed by atoms with Crippen LogP contribution < -0.4 is 0 Å². The Balaban J connectivity index is 1.64. The lowest BCUT2D eigenvalue weighted by atomic mass is 9.93. The molecule has 2 heterocycles. The molecule has 2 aromatic carbocycles. The first-order valence-corrected chi connectivity index (χ1v) is 9.35. The molecule has 26 heavy (non-hydrogen) atoms. The van der Waals surface area contributed by atoms with E-state index < -0.39 is 0 Å². The highest BCUT2D eigenvalue weighted by atomic mass is 14.7. The van der Waals surface area contributed by atoms with Crippen LogP contribution in [0.5, 0.6) is 0 Å². The number of nitrogens with zero attached hydrogens (tertiary/aromatic N) is 2. The highest BCUT2D eigenvalue weighted by Gasteiger charge is 2.12. The monoisotopic (exact) mass is 340 g/mol. The van der Waals surface area contributed by atoms with Crippen LogP contribution in [0.2, 0.25) is 0 Å². The van der Waals surface area contributed by atoms with Crippen LogP contribution >= 0.6 is 0 Å². The Kier molecular flexibility index (Phi) is 4.42. The van der Waals surface area contributed by atoms with Crippen molar-refractivity contribution in [2.24, 2.45) is 0 Å². The Hall–Kier alpha value is -2.74. The molecule has 0 amide bonds. The van der Waals surface area contributed by atoms with Crippen LogP contribution in [-0.4, -0.2) is 9.97 Å². The number of pyridine rings is 2. The molecule has 0 aliphatic carbocycles. The molecular formula is C24H24N2. The summed E-state index contributed by atoms with van der Waals surface area (Å²) >= 11 is 0. The van der Waals surface area contributed by atoms with Gasteiger partial charge in [-0.25, -0.2) is 0 Å². The summed E-state index contributed by atoms with van der Waals surface area (Å²) in [4.78, 5) is 9.38. The summed E-state index contributed by atoms with van der Waals surface area (Å²) in [7, 11) is 0. The maximum atomic E-state index is 4.91. The largest absolute Gasteiger partial charge is 0.256 e.